The minimum absolute atomic E-state index is 0.264. The normalized spacial score (nSPS) is 11.0. The summed E-state index contributed by atoms with van der Waals surface area (Å²) in [7, 11) is 0. The molecule has 2 aromatic heterocycles. The van der Waals surface area contributed by atoms with Crippen LogP contribution >= 0.6 is 0 Å². The molecular weight excluding hydrogens is 310 g/mol. The van der Waals surface area contributed by atoms with Crippen LogP contribution in [0, 0.1) is 13.8 Å². The predicted molar refractivity (Wildman–Crippen MR) is 91.6 cm³/mol. The molecule has 1 N–H and O–H groups in total. The number of nitrogens with one attached hydrogen (secondary N) is 1. The zero-order valence-electron chi connectivity index (χ0n) is 13.3. The van der Waals surface area contributed by atoms with Gasteiger partial charge in [0.1, 0.15) is 5.52 Å². The van der Waals surface area contributed by atoms with Crippen LogP contribution in [0.5, 0.6) is 0 Å². The van der Waals surface area contributed by atoms with Crippen molar-refractivity contribution in [1.82, 2.24) is 15.0 Å². The summed E-state index contributed by atoms with van der Waals surface area (Å²) in [4.78, 5) is 12.2. The third-order valence-corrected chi connectivity index (χ3v) is 3.86. The van der Waals surface area contributed by atoms with Crippen molar-refractivity contribution in [3.8, 4) is 0 Å². The van der Waals surface area contributed by atoms with Crippen molar-refractivity contribution in [3.63, 3.8) is 0 Å². The number of fused-ring (bicyclic) bond motifs is 1. The minimum Gasteiger partial charge on any atom is -0.338 e. The Morgan fingerprint density at radius 1 is 1.21 bits per heavy atom. The lowest BCUT2D eigenvalue weighted by atomic mass is 10.1. The first-order valence-electron chi connectivity index (χ1n) is 7.41. The molecule has 24 heavy (non-hydrogen) atoms. The number of nitrogens with zero attached hydrogens (tertiary/aromatic N) is 3. The van der Waals surface area contributed by atoms with E-state index in [-0.39, 0.29) is 5.82 Å². The standard InChI is InChI=1S/C18H16F2N4/c1-4-12-8-14-15(21-9-12)17(24-18(23-14)16(19)20)22-13-7-5-6-10(2)11(13)3/h4-9,16H,1H2,2-3H3,(H,22,23,24). The van der Waals surface area contributed by atoms with Gasteiger partial charge in [-0.1, -0.05) is 24.8 Å². The molecule has 0 aliphatic heterocycles. The third-order valence-electron chi connectivity index (χ3n) is 3.86. The van der Waals surface area contributed by atoms with E-state index in [1.165, 1.54) is 0 Å². The SMILES string of the molecule is C=Cc1cnc2c(Nc3cccc(C)c3C)nc(C(F)F)nc2c1. The molecule has 0 saturated carbocycles. The highest BCUT2D eigenvalue weighted by Gasteiger charge is 2.17. The summed E-state index contributed by atoms with van der Waals surface area (Å²) in [6, 6.07) is 7.41. The molecule has 1 aromatic carbocycles. The maximum Gasteiger partial charge on any atom is 0.297 e. The van der Waals surface area contributed by atoms with Gasteiger partial charge in [-0.25, -0.2) is 18.7 Å². The van der Waals surface area contributed by atoms with Gasteiger partial charge in [0.05, 0.1) is 5.52 Å². The number of aromatic nitrogens is 3. The van der Waals surface area contributed by atoms with E-state index in [4.69, 9.17) is 0 Å². The molecule has 0 bridgehead atoms. The highest BCUT2D eigenvalue weighted by Crippen LogP contribution is 2.28. The van der Waals surface area contributed by atoms with Gasteiger partial charge < -0.3 is 5.32 Å². The molecule has 0 atom stereocenters. The van der Waals surface area contributed by atoms with Crippen LogP contribution in [0.4, 0.5) is 20.3 Å². The molecule has 6 heteroatoms. The molecule has 0 amide bonds. The summed E-state index contributed by atoms with van der Waals surface area (Å²) in [5.41, 5.74) is 4.40. The number of rotatable bonds is 4. The Hall–Kier alpha value is -2.89. The van der Waals surface area contributed by atoms with Gasteiger partial charge in [-0.3, -0.25) is 4.98 Å². The molecule has 0 saturated heterocycles. The van der Waals surface area contributed by atoms with Crippen LogP contribution in [0.2, 0.25) is 0 Å². The van der Waals surface area contributed by atoms with E-state index in [0.29, 0.717) is 16.6 Å². The molecule has 3 rings (SSSR count). The van der Waals surface area contributed by atoms with E-state index >= 15 is 0 Å². The monoisotopic (exact) mass is 326 g/mol. The van der Waals surface area contributed by atoms with Gasteiger partial charge in [-0.05, 0) is 42.7 Å². The van der Waals surface area contributed by atoms with Gasteiger partial charge in [0.25, 0.3) is 6.43 Å². The molecule has 0 spiro atoms. The van der Waals surface area contributed by atoms with Crippen LogP contribution in [0.3, 0.4) is 0 Å². The summed E-state index contributed by atoms with van der Waals surface area (Å²) >= 11 is 0. The fourth-order valence-electron chi connectivity index (χ4n) is 2.36. The van der Waals surface area contributed by atoms with Crippen molar-refractivity contribution >= 4 is 28.6 Å². The molecule has 3 aromatic rings. The Labute approximate surface area is 138 Å². The van der Waals surface area contributed by atoms with Crippen molar-refractivity contribution in [3.05, 3.63) is 59.6 Å². The highest BCUT2D eigenvalue weighted by molar-refractivity contribution is 5.88. The Morgan fingerprint density at radius 3 is 2.71 bits per heavy atom. The van der Waals surface area contributed by atoms with Crippen molar-refractivity contribution < 1.29 is 8.78 Å². The number of aryl methyl sites for hydroxylation is 1. The van der Waals surface area contributed by atoms with Crippen LogP contribution in [0.15, 0.2) is 37.0 Å². The molecule has 122 valence electrons. The zero-order valence-corrected chi connectivity index (χ0v) is 13.3. The third kappa shape index (κ3) is 2.95. The molecule has 0 fully saturated rings. The maximum absolute atomic E-state index is 13.1. The first-order chi connectivity index (χ1) is 11.5. The second kappa shape index (κ2) is 6.31. The van der Waals surface area contributed by atoms with Crippen LogP contribution in [0.25, 0.3) is 17.1 Å². The van der Waals surface area contributed by atoms with Gasteiger partial charge in [0.2, 0.25) is 0 Å². The van der Waals surface area contributed by atoms with Crippen LogP contribution < -0.4 is 5.32 Å². The average Bonchev–Trinajstić information content (AvgIpc) is 2.58. The summed E-state index contributed by atoms with van der Waals surface area (Å²) < 4.78 is 26.3. The van der Waals surface area contributed by atoms with E-state index in [0.717, 1.165) is 16.8 Å². The average molecular weight is 326 g/mol. The molecule has 0 radical (unpaired) electrons. The fraction of sp³-hybridized carbons (Fsp3) is 0.167. The molecule has 0 aliphatic carbocycles. The van der Waals surface area contributed by atoms with E-state index < -0.39 is 12.2 Å². The second-order valence-electron chi connectivity index (χ2n) is 5.44. The van der Waals surface area contributed by atoms with Gasteiger partial charge in [0, 0.05) is 11.9 Å². The minimum atomic E-state index is -2.76. The van der Waals surface area contributed by atoms with Crippen LogP contribution in [-0.4, -0.2) is 15.0 Å². The number of pyridine rings is 1. The lowest BCUT2D eigenvalue weighted by Crippen LogP contribution is -2.04. The number of halogens is 2. The topological polar surface area (TPSA) is 50.7 Å². The summed E-state index contributed by atoms with van der Waals surface area (Å²) in [5.74, 6) is -0.266. The predicted octanol–water partition coefficient (Wildman–Crippen LogP) is 4.97. The molecule has 2 heterocycles. The Balaban J connectivity index is 2.18. The highest BCUT2D eigenvalue weighted by atomic mass is 19.3. The number of alkyl halides is 2. The lowest BCUT2D eigenvalue weighted by molar-refractivity contribution is 0.141. The number of hydrogen-bond acceptors (Lipinski definition) is 4. The van der Waals surface area contributed by atoms with E-state index in [1.54, 1.807) is 18.3 Å². The van der Waals surface area contributed by atoms with Crippen LogP contribution in [-0.2, 0) is 0 Å². The molecular formula is C18H16F2N4. The second-order valence-corrected chi connectivity index (χ2v) is 5.44. The first kappa shape index (κ1) is 16.0. The Bertz CT molecular complexity index is 922. The van der Waals surface area contributed by atoms with E-state index in [1.807, 2.05) is 32.0 Å². The number of benzene rings is 1. The molecule has 0 aliphatic rings. The largest absolute Gasteiger partial charge is 0.338 e. The van der Waals surface area contributed by atoms with E-state index in [2.05, 4.69) is 26.8 Å². The van der Waals surface area contributed by atoms with Crippen molar-refractivity contribution in [2.45, 2.75) is 20.3 Å². The fourth-order valence-corrected chi connectivity index (χ4v) is 2.36. The molecule has 4 nitrogen and oxygen atoms in total. The zero-order chi connectivity index (χ0) is 17.3. The molecule has 0 unspecified atom stereocenters. The maximum atomic E-state index is 13.1. The summed E-state index contributed by atoms with van der Waals surface area (Å²) in [6.45, 7) is 7.60. The smallest absolute Gasteiger partial charge is 0.297 e. The van der Waals surface area contributed by atoms with E-state index in [9.17, 15) is 8.78 Å². The number of hydrogen-bond donors (Lipinski definition) is 1. The Kier molecular flexibility index (Phi) is 4.20. The van der Waals surface area contributed by atoms with Crippen LogP contribution in [0.1, 0.15) is 28.9 Å². The van der Waals surface area contributed by atoms with Gasteiger partial charge in [-0.15, -0.1) is 0 Å². The lowest BCUT2D eigenvalue weighted by Gasteiger charge is -2.13. The quantitative estimate of drug-likeness (QED) is 0.736. The van der Waals surface area contributed by atoms with Gasteiger partial charge in [0.15, 0.2) is 11.6 Å². The summed E-state index contributed by atoms with van der Waals surface area (Å²) in [6.07, 6.45) is 0.435. The van der Waals surface area contributed by atoms with Crippen molar-refractivity contribution in [1.29, 1.82) is 0 Å². The Morgan fingerprint density at radius 2 is 2.00 bits per heavy atom. The van der Waals surface area contributed by atoms with Gasteiger partial charge in [-0.2, -0.15) is 0 Å². The van der Waals surface area contributed by atoms with Crippen molar-refractivity contribution in [2.24, 2.45) is 0 Å². The van der Waals surface area contributed by atoms with Gasteiger partial charge >= 0.3 is 0 Å². The van der Waals surface area contributed by atoms with Crippen molar-refractivity contribution in [2.75, 3.05) is 5.32 Å². The number of anilines is 2. The first-order valence-corrected chi connectivity index (χ1v) is 7.41. The summed E-state index contributed by atoms with van der Waals surface area (Å²) in [5, 5.41) is 3.12.